The van der Waals surface area contributed by atoms with Crippen LogP contribution in [0.5, 0.6) is 0 Å². The predicted molar refractivity (Wildman–Crippen MR) is 129 cm³/mol. The third-order valence-corrected chi connectivity index (χ3v) is 9.71. The van der Waals surface area contributed by atoms with E-state index in [0.717, 1.165) is 57.1 Å². The molecule has 204 valence electrons. The topological polar surface area (TPSA) is 54.0 Å². The number of methoxy groups -OCH3 is 1. The summed E-state index contributed by atoms with van der Waals surface area (Å²) in [5.41, 5.74) is -1.21. The van der Waals surface area contributed by atoms with Gasteiger partial charge in [0.2, 0.25) is 5.91 Å². The number of likely N-dealkylation sites (tertiary alicyclic amines) is 1. The highest BCUT2D eigenvalue weighted by molar-refractivity contribution is 5.85. The first-order chi connectivity index (χ1) is 17.7. The van der Waals surface area contributed by atoms with Crippen LogP contribution in [0.3, 0.4) is 0 Å². The fourth-order valence-electron chi connectivity index (χ4n) is 7.98. The molecule has 0 radical (unpaired) electrons. The van der Waals surface area contributed by atoms with E-state index in [1.807, 2.05) is 9.80 Å². The number of anilines is 1. The first-order valence-corrected chi connectivity index (χ1v) is 13.5. The summed E-state index contributed by atoms with van der Waals surface area (Å²) >= 11 is 0. The van der Waals surface area contributed by atoms with E-state index in [0.29, 0.717) is 37.9 Å². The van der Waals surface area contributed by atoms with Crippen molar-refractivity contribution in [3.63, 3.8) is 0 Å². The summed E-state index contributed by atoms with van der Waals surface area (Å²) in [5, 5.41) is 3.80. The van der Waals surface area contributed by atoms with Gasteiger partial charge in [0.15, 0.2) is 0 Å². The minimum absolute atomic E-state index is 0.0189. The fraction of sp³-hybridized carbons (Fsp3) is 0.741. The molecule has 3 heterocycles. The second-order valence-corrected chi connectivity index (χ2v) is 11.6. The molecule has 3 aliphatic heterocycles. The summed E-state index contributed by atoms with van der Waals surface area (Å²) in [7, 11) is 1.71. The lowest BCUT2D eigenvalue weighted by Gasteiger charge is -2.41. The summed E-state index contributed by atoms with van der Waals surface area (Å²) in [6, 6.07) is 3.65. The number of amides is 1. The van der Waals surface area contributed by atoms with Gasteiger partial charge in [-0.3, -0.25) is 4.79 Å². The zero-order chi connectivity index (χ0) is 25.9. The van der Waals surface area contributed by atoms with Crippen LogP contribution in [-0.4, -0.2) is 74.5 Å². The number of nitrogens with zero attached hydrogens (tertiary/aromatic N) is 2. The highest BCUT2D eigenvalue weighted by Crippen LogP contribution is 2.56. The van der Waals surface area contributed by atoms with Crippen LogP contribution in [0.4, 0.5) is 23.2 Å². The fourth-order valence-corrected chi connectivity index (χ4v) is 7.98. The van der Waals surface area contributed by atoms with Crippen LogP contribution < -0.4 is 10.2 Å². The van der Waals surface area contributed by atoms with E-state index in [1.165, 1.54) is 6.07 Å². The molecule has 6 nitrogen and oxygen atoms in total. The third kappa shape index (κ3) is 4.33. The minimum Gasteiger partial charge on any atom is -0.379 e. The Morgan fingerprint density at radius 3 is 2.76 bits per heavy atom. The number of hydrogen-bond donors (Lipinski definition) is 1. The molecule has 6 rings (SSSR count). The molecule has 1 amide bonds. The number of nitrogens with one attached hydrogen (secondary N) is 1. The van der Waals surface area contributed by atoms with Crippen molar-refractivity contribution < 1.29 is 31.8 Å². The van der Waals surface area contributed by atoms with Crippen LogP contribution in [0.1, 0.15) is 50.5 Å². The van der Waals surface area contributed by atoms with Gasteiger partial charge in [-0.1, -0.05) is 6.42 Å². The summed E-state index contributed by atoms with van der Waals surface area (Å²) in [6.45, 7) is 2.30. The highest BCUT2D eigenvalue weighted by atomic mass is 19.4. The van der Waals surface area contributed by atoms with E-state index >= 15 is 0 Å². The van der Waals surface area contributed by atoms with Crippen LogP contribution in [0.25, 0.3) is 0 Å². The van der Waals surface area contributed by atoms with Crippen molar-refractivity contribution in [3.8, 4) is 0 Å². The molecule has 2 bridgehead atoms. The molecule has 3 saturated heterocycles. The molecule has 0 unspecified atom stereocenters. The Labute approximate surface area is 214 Å². The third-order valence-electron chi connectivity index (χ3n) is 9.71. The number of rotatable bonds is 5. The predicted octanol–water partition coefficient (Wildman–Crippen LogP) is 3.98. The summed E-state index contributed by atoms with van der Waals surface area (Å²) in [4.78, 5) is 18.0. The molecule has 2 saturated carbocycles. The molecular formula is C27H35F4N3O3. The lowest BCUT2D eigenvalue weighted by atomic mass is 9.78. The Hall–Kier alpha value is -1.91. The zero-order valence-electron chi connectivity index (χ0n) is 21.1. The number of carbonyl (C=O) groups excluding carboxylic acids is 1. The number of carbonyl (C=O) groups is 1. The number of alkyl halides is 3. The van der Waals surface area contributed by atoms with Crippen molar-refractivity contribution in [3.05, 3.63) is 29.6 Å². The minimum atomic E-state index is -4.74. The van der Waals surface area contributed by atoms with Gasteiger partial charge in [-0.25, -0.2) is 4.39 Å². The van der Waals surface area contributed by atoms with Gasteiger partial charge in [0.25, 0.3) is 0 Å². The van der Waals surface area contributed by atoms with Crippen molar-refractivity contribution in [2.24, 2.45) is 11.3 Å². The summed E-state index contributed by atoms with van der Waals surface area (Å²) < 4.78 is 64.8. The Balaban J connectivity index is 1.14. The largest absolute Gasteiger partial charge is 0.419 e. The molecular weight excluding hydrogens is 490 g/mol. The SMILES string of the molecule is CO[C@@H]1COCC[C@@H]1N[C@@H]1C[C@H]2CCC[C@@]2(C(=O)N2C[C@H]3C[C@H]2CN3c2ccc(F)c(C(F)(F)F)c2)C1. The van der Waals surface area contributed by atoms with Crippen LogP contribution in [-0.2, 0) is 20.4 Å². The van der Waals surface area contributed by atoms with Crippen molar-refractivity contribution in [1.29, 1.82) is 0 Å². The van der Waals surface area contributed by atoms with Gasteiger partial charge >= 0.3 is 6.18 Å². The van der Waals surface area contributed by atoms with Crippen LogP contribution in [0.15, 0.2) is 18.2 Å². The van der Waals surface area contributed by atoms with Gasteiger partial charge in [0.05, 0.1) is 29.7 Å². The highest BCUT2D eigenvalue weighted by Gasteiger charge is 2.59. The maximum atomic E-state index is 14.1. The van der Waals surface area contributed by atoms with E-state index in [9.17, 15) is 22.4 Å². The number of halogens is 4. The Bertz CT molecular complexity index is 1040. The molecule has 7 atom stereocenters. The number of benzene rings is 1. The van der Waals surface area contributed by atoms with Crippen LogP contribution in [0, 0.1) is 17.2 Å². The monoisotopic (exact) mass is 525 g/mol. The van der Waals surface area contributed by atoms with Crippen molar-refractivity contribution in [2.45, 2.75) is 81.4 Å². The summed E-state index contributed by atoms with van der Waals surface area (Å²) in [6.07, 6.45) is 1.76. The molecule has 0 aromatic heterocycles. The standard InChI is InChI=1S/C27H35F4N3O3/c1-36-24-15-37-8-6-23(24)32-17-9-16-3-2-7-26(16,12-17)25(35)34-14-19-10-20(34)13-33(19)18-4-5-22(28)21(11-18)27(29,30)31/h4-5,11,16-17,19-20,23-24,32H,2-3,6-10,12-15H2,1H3/t16-,17-,19-,20+,23+,24-,26-/m1/s1. The van der Waals surface area contributed by atoms with Gasteiger partial charge in [-0.2, -0.15) is 13.2 Å². The zero-order valence-corrected chi connectivity index (χ0v) is 21.1. The first-order valence-electron chi connectivity index (χ1n) is 13.5. The smallest absolute Gasteiger partial charge is 0.379 e. The molecule has 5 aliphatic rings. The number of piperazine rings is 1. The Kier molecular flexibility index (Phi) is 6.43. The van der Waals surface area contributed by atoms with Crippen molar-refractivity contribution >= 4 is 11.6 Å². The molecule has 5 fully saturated rings. The normalized spacial score (nSPS) is 37.4. The van der Waals surface area contributed by atoms with Crippen molar-refractivity contribution in [2.75, 3.05) is 38.3 Å². The lowest BCUT2D eigenvalue weighted by Crippen LogP contribution is -2.54. The molecule has 2 aliphatic carbocycles. The maximum Gasteiger partial charge on any atom is 0.419 e. The molecule has 1 N–H and O–H groups in total. The number of fused-ring (bicyclic) bond motifs is 3. The van der Waals surface area contributed by atoms with Gasteiger partial charge in [-0.05, 0) is 62.6 Å². The van der Waals surface area contributed by atoms with E-state index < -0.39 is 17.6 Å². The van der Waals surface area contributed by atoms with Crippen LogP contribution >= 0.6 is 0 Å². The summed E-state index contributed by atoms with van der Waals surface area (Å²) in [5.74, 6) is -0.664. The molecule has 0 spiro atoms. The first kappa shape index (κ1) is 25.4. The Morgan fingerprint density at radius 1 is 1.19 bits per heavy atom. The average molecular weight is 526 g/mol. The average Bonchev–Trinajstić information content (AvgIpc) is 3.63. The second kappa shape index (κ2) is 9.38. The van der Waals surface area contributed by atoms with E-state index in [2.05, 4.69) is 5.32 Å². The Morgan fingerprint density at radius 2 is 2.03 bits per heavy atom. The quantitative estimate of drug-likeness (QED) is 0.590. The van der Waals surface area contributed by atoms with Gasteiger partial charge in [-0.15, -0.1) is 0 Å². The van der Waals surface area contributed by atoms with Crippen LogP contribution in [0.2, 0.25) is 0 Å². The van der Waals surface area contributed by atoms with E-state index in [4.69, 9.17) is 9.47 Å². The van der Waals surface area contributed by atoms with E-state index in [-0.39, 0.29) is 41.6 Å². The van der Waals surface area contributed by atoms with Crippen molar-refractivity contribution in [1.82, 2.24) is 10.2 Å². The maximum absolute atomic E-state index is 14.1. The second-order valence-electron chi connectivity index (χ2n) is 11.6. The molecule has 37 heavy (non-hydrogen) atoms. The lowest BCUT2D eigenvalue weighted by molar-refractivity contribution is -0.144. The molecule has 1 aromatic rings. The van der Waals surface area contributed by atoms with Gasteiger partial charge in [0, 0.05) is 50.6 Å². The molecule has 1 aromatic carbocycles. The van der Waals surface area contributed by atoms with Gasteiger partial charge in [0.1, 0.15) is 5.82 Å². The van der Waals surface area contributed by atoms with Gasteiger partial charge < -0.3 is 24.6 Å². The number of ether oxygens (including phenoxy) is 2. The number of hydrogen-bond acceptors (Lipinski definition) is 5. The van der Waals surface area contributed by atoms with E-state index in [1.54, 1.807) is 7.11 Å². The molecule has 10 heteroatoms.